The molecule has 196 valence electrons. The molecule has 0 aromatic carbocycles. The second-order valence-electron chi connectivity index (χ2n) is 7.46. The van der Waals surface area contributed by atoms with Crippen LogP contribution in [-0.2, 0) is 0 Å². The fraction of sp³-hybridized carbons (Fsp3) is 0.571. The lowest BCUT2D eigenvalue weighted by Gasteiger charge is -2.24. The van der Waals surface area contributed by atoms with Gasteiger partial charge < -0.3 is 21.7 Å². The molecule has 0 aliphatic heterocycles. The molecule has 0 bridgehead atoms. The zero-order valence-corrected chi connectivity index (χ0v) is 23.7. The molecule has 0 rings (SSSR count). The molecule has 0 heterocycles. The molecule has 5 N–H and O–H groups in total. The Morgan fingerprint density at radius 1 is 1.09 bits per heavy atom. The van der Waals surface area contributed by atoms with Crippen LogP contribution < -0.4 is 16.8 Å². The van der Waals surface area contributed by atoms with E-state index in [0.29, 0.717) is 12.0 Å². The largest absolute Gasteiger partial charge is 0.401 e. The summed E-state index contributed by atoms with van der Waals surface area (Å²) in [6.45, 7) is 34.6. The third-order valence-corrected chi connectivity index (χ3v) is 4.24. The highest BCUT2D eigenvalue weighted by Crippen LogP contribution is 2.25. The summed E-state index contributed by atoms with van der Waals surface area (Å²) in [4.78, 5) is 1.90. The number of nitrogens with zero attached hydrogens (tertiary/aromatic N) is 1. The van der Waals surface area contributed by atoms with Crippen LogP contribution in [0.5, 0.6) is 0 Å². The van der Waals surface area contributed by atoms with E-state index in [0.717, 1.165) is 36.4 Å². The summed E-state index contributed by atoms with van der Waals surface area (Å²) in [5.74, 6) is 0. The summed E-state index contributed by atoms with van der Waals surface area (Å²) in [6.07, 6.45) is 7.72. The van der Waals surface area contributed by atoms with Crippen molar-refractivity contribution in [3.8, 4) is 0 Å². The Labute approximate surface area is 207 Å². The number of alkyl halides is 1. The van der Waals surface area contributed by atoms with E-state index in [2.05, 4.69) is 57.8 Å². The zero-order chi connectivity index (χ0) is 27.6. The Bertz CT molecular complexity index is 538. The molecule has 0 aliphatic carbocycles. The molecule has 0 saturated carbocycles. The Kier molecular flexibility index (Phi) is 34.8. The fourth-order valence-electron chi connectivity index (χ4n) is 1.96. The molecule has 0 spiro atoms. The van der Waals surface area contributed by atoms with Crippen molar-refractivity contribution < 1.29 is 4.39 Å². The lowest BCUT2D eigenvalue weighted by molar-refractivity contribution is 0.228. The van der Waals surface area contributed by atoms with Gasteiger partial charge in [0, 0.05) is 30.7 Å². The molecule has 2 unspecified atom stereocenters. The molecular formula is C28H57FN4. The zero-order valence-electron chi connectivity index (χ0n) is 23.7. The lowest BCUT2D eigenvalue weighted by atomic mass is 9.95. The van der Waals surface area contributed by atoms with E-state index in [1.807, 2.05) is 52.8 Å². The van der Waals surface area contributed by atoms with E-state index in [4.69, 9.17) is 5.73 Å². The van der Waals surface area contributed by atoms with Gasteiger partial charge >= 0.3 is 0 Å². The Balaban J connectivity index is -0.000000129. The predicted molar refractivity (Wildman–Crippen MR) is 153 cm³/mol. The Morgan fingerprint density at radius 3 is 1.73 bits per heavy atom. The van der Waals surface area contributed by atoms with Gasteiger partial charge in [-0.25, -0.2) is 4.39 Å². The van der Waals surface area contributed by atoms with Crippen LogP contribution in [0, 0.1) is 0 Å². The Hall–Kier alpha value is -2.11. The summed E-state index contributed by atoms with van der Waals surface area (Å²) < 4.78 is 13.1. The molecule has 0 aliphatic rings. The van der Waals surface area contributed by atoms with E-state index < -0.39 is 5.67 Å². The van der Waals surface area contributed by atoms with Gasteiger partial charge in [-0.1, -0.05) is 52.7 Å². The van der Waals surface area contributed by atoms with Gasteiger partial charge in [0.15, 0.2) is 0 Å². The first-order valence-corrected chi connectivity index (χ1v) is 11.6. The molecular weight excluding hydrogens is 411 g/mol. The van der Waals surface area contributed by atoms with Crippen molar-refractivity contribution in [3.63, 3.8) is 0 Å². The molecule has 0 radical (unpaired) electrons. The highest BCUT2D eigenvalue weighted by Gasteiger charge is 2.22. The van der Waals surface area contributed by atoms with Crippen LogP contribution in [0.1, 0.15) is 74.7 Å². The van der Waals surface area contributed by atoms with Gasteiger partial charge in [0.2, 0.25) is 0 Å². The van der Waals surface area contributed by atoms with Crippen LogP contribution in [0.25, 0.3) is 0 Å². The summed E-state index contributed by atoms with van der Waals surface area (Å²) in [6, 6.07) is 0.237. The summed E-state index contributed by atoms with van der Waals surface area (Å²) in [7, 11) is 3.43. The van der Waals surface area contributed by atoms with Gasteiger partial charge in [0.1, 0.15) is 5.67 Å². The minimum absolute atomic E-state index is 0.237. The van der Waals surface area contributed by atoms with E-state index in [-0.39, 0.29) is 6.04 Å². The molecule has 0 saturated heterocycles. The molecule has 4 nitrogen and oxygen atoms in total. The fourth-order valence-corrected chi connectivity index (χ4v) is 1.96. The first-order valence-electron chi connectivity index (χ1n) is 11.6. The normalized spacial score (nSPS) is 12.1. The number of hydrogen-bond acceptors (Lipinski definition) is 4. The third-order valence-electron chi connectivity index (χ3n) is 4.24. The van der Waals surface area contributed by atoms with Crippen LogP contribution in [0.3, 0.4) is 0 Å². The number of halogens is 1. The average Bonchev–Trinajstić information content (AvgIpc) is 2.78. The topological polar surface area (TPSA) is 67.3 Å². The van der Waals surface area contributed by atoms with Gasteiger partial charge in [0.25, 0.3) is 0 Å². The SMILES string of the molecule is C=C(C(=C)N(C)/C=C(\C)N)C(C)NCCC.C=C(CC)C(C)(F)CC.C=CC.C=CC.CN. The first kappa shape index (κ1) is 41.2. The van der Waals surface area contributed by atoms with Crippen molar-refractivity contribution in [2.75, 3.05) is 20.6 Å². The minimum Gasteiger partial charge on any atom is -0.401 e. The Morgan fingerprint density at radius 2 is 1.48 bits per heavy atom. The lowest BCUT2D eigenvalue weighted by Crippen LogP contribution is -2.31. The number of nitrogens with two attached hydrogens (primary N) is 2. The van der Waals surface area contributed by atoms with E-state index in [1.165, 1.54) is 7.05 Å². The van der Waals surface area contributed by atoms with E-state index >= 15 is 0 Å². The van der Waals surface area contributed by atoms with Gasteiger partial charge in [-0.2, -0.15) is 0 Å². The highest BCUT2D eigenvalue weighted by atomic mass is 19.1. The molecule has 33 heavy (non-hydrogen) atoms. The number of allylic oxidation sites excluding steroid dienone is 4. The van der Waals surface area contributed by atoms with Crippen LogP contribution in [-0.4, -0.2) is 37.3 Å². The number of hydrogen-bond donors (Lipinski definition) is 3. The van der Waals surface area contributed by atoms with Crippen molar-refractivity contribution in [2.24, 2.45) is 11.5 Å². The molecule has 0 fully saturated rings. The van der Waals surface area contributed by atoms with Gasteiger partial charge in [-0.05, 0) is 78.6 Å². The third kappa shape index (κ3) is 27.9. The van der Waals surface area contributed by atoms with Gasteiger partial charge in [-0.3, -0.25) is 0 Å². The van der Waals surface area contributed by atoms with Crippen molar-refractivity contribution in [3.05, 3.63) is 73.8 Å². The minimum atomic E-state index is -1.14. The second-order valence-corrected chi connectivity index (χ2v) is 7.46. The van der Waals surface area contributed by atoms with Crippen LogP contribution in [0.2, 0.25) is 0 Å². The molecule has 0 aromatic heterocycles. The summed E-state index contributed by atoms with van der Waals surface area (Å²) in [5.41, 5.74) is 12.3. The molecule has 2 atom stereocenters. The van der Waals surface area contributed by atoms with E-state index in [9.17, 15) is 4.39 Å². The second kappa shape index (κ2) is 27.9. The van der Waals surface area contributed by atoms with Gasteiger partial charge in [-0.15, -0.1) is 13.2 Å². The number of likely N-dealkylation sites (N-methyl/N-ethyl adjacent to an activating group) is 1. The van der Waals surface area contributed by atoms with Crippen molar-refractivity contribution in [2.45, 2.75) is 86.4 Å². The van der Waals surface area contributed by atoms with Gasteiger partial charge in [0.05, 0.1) is 0 Å². The summed E-state index contributed by atoms with van der Waals surface area (Å²) in [5, 5.41) is 3.38. The molecule has 0 aromatic rings. The average molecular weight is 469 g/mol. The monoisotopic (exact) mass is 468 g/mol. The highest BCUT2D eigenvalue weighted by molar-refractivity contribution is 5.29. The van der Waals surface area contributed by atoms with E-state index in [1.54, 1.807) is 19.1 Å². The number of rotatable bonds is 10. The predicted octanol–water partition coefficient (Wildman–Crippen LogP) is 7.25. The smallest absolute Gasteiger partial charge is 0.128 e. The standard InChI is InChI=1S/C13H25N3.C8H15F.2C3H6.CH5N/c1-7-8-15-12(4)11(3)13(5)16(6)9-10(2)14;1-5-7(3)8(4,9)6-2;2*1-3-2;1-2/h9,12,15H,3,5,7-8,14H2,1-2,4,6H3;3,5-6H2,1-2,4H3;2*3H,1H2,2H3;2H2,1H3/b10-9+;;;;. The van der Waals surface area contributed by atoms with Crippen LogP contribution >= 0.6 is 0 Å². The maximum atomic E-state index is 13.1. The number of nitrogens with one attached hydrogen (secondary N) is 1. The quantitative estimate of drug-likeness (QED) is 0.233. The molecule has 5 heteroatoms. The molecule has 0 amide bonds. The maximum Gasteiger partial charge on any atom is 0.128 e. The first-order chi connectivity index (χ1) is 15.3. The van der Waals surface area contributed by atoms with Crippen molar-refractivity contribution in [1.29, 1.82) is 0 Å². The summed E-state index contributed by atoms with van der Waals surface area (Å²) >= 11 is 0. The van der Waals surface area contributed by atoms with Crippen molar-refractivity contribution in [1.82, 2.24) is 10.2 Å². The van der Waals surface area contributed by atoms with Crippen LogP contribution in [0.15, 0.2) is 73.8 Å². The maximum absolute atomic E-state index is 13.1. The van der Waals surface area contributed by atoms with Crippen molar-refractivity contribution >= 4 is 0 Å². The van der Waals surface area contributed by atoms with Crippen LogP contribution in [0.4, 0.5) is 4.39 Å².